The van der Waals surface area contributed by atoms with Crippen molar-refractivity contribution >= 4 is 33.2 Å². The first-order valence-electron chi connectivity index (χ1n) is 9.69. The predicted molar refractivity (Wildman–Crippen MR) is 115 cm³/mol. The molecule has 0 spiro atoms. The van der Waals surface area contributed by atoms with Crippen molar-refractivity contribution in [1.29, 1.82) is 5.26 Å². The van der Waals surface area contributed by atoms with Crippen LogP contribution in [0.3, 0.4) is 0 Å². The van der Waals surface area contributed by atoms with Crippen LogP contribution in [-0.2, 0) is 6.54 Å². The molecule has 6 nitrogen and oxygen atoms in total. The maximum atomic E-state index is 8.98. The number of nitrogens with one attached hydrogen (secondary N) is 2. The Kier molecular flexibility index (Phi) is 4.72. The molecule has 1 fully saturated rings. The fourth-order valence-electron chi connectivity index (χ4n) is 4.06. The molecule has 29 heavy (non-hydrogen) atoms. The van der Waals surface area contributed by atoms with Crippen LogP contribution in [0.5, 0.6) is 0 Å². The average Bonchev–Trinajstić information content (AvgIpc) is 3.49. The lowest BCUT2D eigenvalue weighted by Crippen LogP contribution is -2.23. The van der Waals surface area contributed by atoms with Gasteiger partial charge in [0.15, 0.2) is 5.13 Å². The fourth-order valence-corrected chi connectivity index (χ4v) is 4.68. The number of fused-ring (bicyclic) bond motifs is 1. The number of pyridine rings is 1. The Labute approximate surface area is 172 Å². The molecule has 0 bridgehead atoms. The molecule has 1 saturated heterocycles. The number of anilines is 2. The summed E-state index contributed by atoms with van der Waals surface area (Å²) in [5.41, 5.74) is 3.60. The van der Waals surface area contributed by atoms with Gasteiger partial charge in [0, 0.05) is 23.6 Å². The number of hydrogen-bond acceptors (Lipinski definition) is 6. The van der Waals surface area contributed by atoms with Crippen LogP contribution in [0.15, 0.2) is 54.9 Å². The summed E-state index contributed by atoms with van der Waals surface area (Å²) in [5.74, 6) is 0.765. The van der Waals surface area contributed by atoms with Crippen molar-refractivity contribution in [2.75, 3.05) is 11.9 Å². The molecule has 0 radical (unpaired) electrons. The minimum Gasteiger partial charge on any atom is -0.361 e. The molecule has 0 aliphatic carbocycles. The van der Waals surface area contributed by atoms with E-state index in [1.54, 1.807) is 6.20 Å². The zero-order valence-electron chi connectivity index (χ0n) is 15.8. The van der Waals surface area contributed by atoms with Crippen LogP contribution >= 0.6 is 11.3 Å². The minimum absolute atomic E-state index is 0.303. The maximum absolute atomic E-state index is 8.98. The summed E-state index contributed by atoms with van der Waals surface area (Å²) < 4.78 is 0. The van der Waals surface area contributed by atoms with Gasteiger partial charge in [0.2, 0.25) is 0 Å². The summed E-state index contributed by atoms with van der Waals surface area (Å²) in [6, 6.07) is 17.1. The van der Waals surface area contributed by atoms with E-state index in [4.69, 9.17) is 10.2 Å². The molecule has 0 saturated carbocycles. The van der Waals surface area contributed by atoms with Crippen molar-refractivity contribution in [3.8, 4) is 6.07 Å². The monoisotopic (exact) mass is 400 g/mol. The van der Waals surface area contributed by atoms with Crippen molar-refractivity contribution < 1.29 is 0 Å². The van der Waals surface area contributed by atoms with E-state index in [0.717, 1.165) is 31.0 Å². The van der Waals surface area contributed by atoms with Gasteiger partial charge in [-0.15, -0.1) is 0 Å². The Bertz CT molecular complexity index is 1190. The van der Waals surface area contributed by atoms with Crippen molar-refractivity contribution in [1.82, 2.24) is 19.9 Å². The molecule has 7 heteroatoms. The molecule has 3 aromatic heterocycles. The third kappa shape index (κ3) is 3.60. The molecule has 4 heterocycles. The number of thiazole rings is 1. The highest BCUT2D eigenvalue weighted by molar-refractivity contribution is 7.16. The first-order chi connectivity index (χ1) is 14.3. The second kappa shape index (κ2) is 7.66. The van der Waals surface area contributed by atoms with Crippen LogP contribution in [0.2, 0.25) is 0 Å². The van der Waals surface area contributed by atoms with E-state index in [1.807, 2.05) is 18.3 Å². The van der Waals surface area contributed by atoms with Crippen LogP contribution in [0.4, 0.5) is 10.9 Å². The van der Waals surface area contributed by atoms with E-state index in [9.17, 15) is 0 Å². The molecule has 1 aliphatic heterocycles. The van der Waals surface area contributed by atoms with E-state index in [1.165, 1.54) is 34.2 Å². The number of H-pyrrole nitrogens is 1. The smallest absolute Gasteiger partial charge is 0.189 e. The third-order valence-electron chi connectivity index (χ3n) is 5.39. The van der Waals surface area contributed by atoms with Crippen LogP contribution in [0.1, 0.15) is 35.0 Å². The summed E-state index contributed by atoms with van der Waals surface area (Å²) in [7, 11) is 0. The Morgan fingerprint density at radius 2 is 2.17 bits per heavy atom. The van der Waals surface area contributed by atoms with E-state index in [2.05, 4.69) is 56.6 Å². The van der Waals surface area contributed by atoms with Crippen molar-refractivity contribution in [3.05, 3.63) is 71.0 Å². The van der Waals surface area contributed by atoms with Gasteiger partial charge in [-0.2, -0.15) is 5.26 Å². The molecule has 144 valence electrons. The number of likely N-dealkylation sites (tertiary alicyclic amines) is 1. The maximum Gasteiger partial charge on any atom is 0.189 e. The van der Waals surface area contributed by atoms with Gasteiger partial charge in [0.25, 0.3) is 0 Å². The second-order valence-corrected chi connectivity index (χ2v) is 8.23. The molecule has 5 rings (SSSR count). The summed E-state index contributed by atoms with van der Waals surface area (Å²) in [6.45, 7) is 1.99. The van der Waals surface area contributed by atoms with Crippen LogP contribution in [0, 0.1) is 11.3 Å². The number of rotatable bonds is 5. The summed E-state index contributed by atoms with van der Waals surface area (Å²) in [5, 5.41) is 14.2. The highest BCUT2D eigenvalue weighted by Crippen LogP contribution is 2.34. The zero-order chi connectivity index (χ0) is 19.6. The quantitative estimate of drug-likeness (QED) is 0.494. The standard InChI is InChI=1S/C22H20N6S/c23-12-16-13-25-22(29-16)27-21-8-2-6-19(26-21)20-7-3-11-28(20)14-15-4-1-5-18-17(15)9-10-24-18/h1-2,4-6,8-10,13,20,24H,3,7,11,14H2,(H,25,26,27)/t20-/m1/s1. The average molecular weight is 401 g/mol. The number of aromatic nitrogens is 3. The molecule has 1 aliphatic rings. The van der Waals surface area contributed by atoms with Gasteiger partial charge < -0.3 is 10.3 Å². The van der Waals surface area contributed by atoms with Gasteiger partial charge in [0.05, 0.1) is 17.9 Å². The molecular weight excluding hydrogens is 380 g/mol. The van der Waals surface area contributed by atoms with Crippen molar-refractivity contribution in [2.45, 2.75) is 25.4 Å². The Balaban J connectivity index is 1.37. The molecule has 0 unspecified atom stereocenters. The Hall–Kier alpha value is -3.21. The van der Waals surface area contributed by atoms with E-state index in [-0.39, 0.29) is 0 Å². The van der Waals surface area contributed by atoms with Crippen LogP contribution < -0.4 is 5.32 Å². The topological polar surface area (TPSA) is 80.6 Å². The summed E-state index contributed by atoms with van der Waals surface area (Å²) in [4.78, 5) is 15.5. The molecule has 4 aromatic rings. The van der Waals surface area contributed by atoms with E-state index < -0.39 is 0 Å². The van der Waals surface area contributed by atoms with Crippen LogP contribution in [-0.4, -0.2) is 26.4 Å². The molecule has 1 aromatic carbocycles. The van der Waals surface area contributed by atoms with E-state index in [0.29, 0.717) is 16.1 Å². The minimum atomic E-state index is 0.303. The van der Waals surface area contributed by atoms with Gasteiger partial charge in [0.1, 0.15) is 16.8 Å². The molecule has 0 amide bonds. The highest BCUT2D eigenvalue weighted by Gasteiger charge is 2.27. The summed E-state index contributed by atoms with van der Waals surface area (Å²) in [6.07, 6.45) is 5.86. The highest BCUT2D eigenvalue weighted by atomic mass is 32.1. The van der Waals surface area contributed by atoms with Crippen LogP contribution in [0.25, 0.3) is 10.9 Å². The third-order valence-corrected chi connectivity index (χ3v) is 6.20. The molecule has 2 N–H and O–H groups in total. The Morgan fingerprint density at radius 1 is 1.24 bits per heavy atom. The van der Waals surface area contributed by atoms with Gasteiger partial charge >= 0.3 is 0 Å². The van der Waals surface area contributed by atoms with Crippen molar-refractivity contribution in [2.24, 2.45) is 0 Å². The lowest BCUT2D eigenvalue weighted by atomic mass is 10.1. The zero-order valence-corrected chi connectivity index (χ0v) is 16.6. The number of hydrogen-bond donors (Lipinski definition) is 2. The first kappa shape index (κ1) is 17.9. The first-order valence-corrected chi connectivity index (χ1v) is 10.5. The number of nitriles is 1. The molecular formula is C22H20N6S. The van der Waals surface area contributed by atoms with Crippen molar-refractivity contribution in [3.63, 3.8) is 0 Å². The summed E-state index contributed by atoms with van der Waals surface area (Å²) >= 11 is 1.33. The van der Waals surface area contributed by atoms with Gasteiger partial charge in [-0.25, -0.2) is 9.97 Å². The fraction of sp³-hybridized carbons (Fsp3) is 0.227. The second-order valence-electron chi connectivity index (χ2n) is 7.20. The lowest BCUT2D eigenvalue weighted by molar-refractivity contribution is 0.245. The lowest BCUT2D eigenvalue weighted by Gasteiger charge is -2.24. The number of nitrogens with zero attached hydrogens (tertiary/aromatic N) is 4. The van der Waals surface area contributed by atoms with Gasteiger partial charge in [-0.05, 0) is 49.2 Å². The SMILES string of the molecule is N#Cc1cnc(Nc2cccc([C@H]3CCCN3Cc3cccc4[nH]ccc34)n2)s1. The van der Waals surface area contributed by atoms with Gasteiger partial charge in [-0.1, -0.05) is 29.5 Å². The number of aromatic amines is 1. The largest absolute Gasteiger partial charge is 0.361 e. The van der Waals surface area contributed by atoms with Gasteiger partial charge in [-0.3, -0.25) is 4.90 Å². The molecule has 1 atom stereocenters. The Morgan fingerprint density at radius 3 is 3.07 bits per heavy atom. The number of benzene rings is 1. The normalized spacial score (nSPS) is 16.9. The van der Waals surface area contributed by atoms with E-state index >= 15 is 0 Å². The predicted octanol–water partition coefficient (Wildman–Crippen LogP) is 4.97.